The molecule has 1 N–H and O–H groups in total. The van der Waals surface area contributed by atoms with Crippen LogP contribution in [-0.4, -0.2) is 65.1 Å². The minimum Gasteiger partial charge on any atom is -0.490 e. The number of hydrogen-bond acceptors (Lipinski definition) is 4. The zero-order valence-corrected chi connectivity index (χ0v) is 23.4. The Morgan fingerprint density at radius 1 is 1.03 bits per heavy atom. The van der Waals surface area contributed by atoms with Gasteiger partial charge >= 0.3 is 0 Å². The lowest BCUT2D eigenvalue weighted by atomic mass is 9.86. The molecular weight excluding hydrogens is 456 g/mol. The van der Waals surface area contributed by atoms with E-state index in [1.165, 1.54) is 86.1 Å². The van der Waals surface area contributed by atoms with E-state index in [9.17, 15) is 0 Å². The Bertz CT molecular complexity index is 1260. The van der Waals surface area contributed by atoms with E-state index in [4.69, 9.17) is 4.74 Å². The molecule has 5 nitrogen and oxygen atoms in total. The van der Waals surface area contributed by atoms with Crippen molar-refractivity contribution in [2.75, 3.05) is 39.3 Å². The molecule has 2 aromatic heterocycles. The maximum absolute atomic E-state index is 6.29. The predicted molar refractivity (Wildman–Crippen MR) is 153 cm³/mol. The molecule has 5 heterocycles. The van der Waals surface area contributed by atoms with Gasteiger partial charge in [0, 0.05) is 40.7 Å². The van der Waals surface area contributed by atoms with Crippen molar-refractivity contribution in [2.24, 2.45) is 5.92 Å². The summed E-state index contributed by atoms with van der Waals surface area (Å²) in [5.74, 6) is 2.69. The lowest BCUT2D eigenvalue weighted by Crippen LogP contribution is -2.48. The summed E-state index contributed by atoms with van der Waals surface area (Å²) in [4.78, 5) is 13.9. The van der Waals surface area contributed by atoms with Crippen molar-refractivity contribution in [3.8, 4) is 17.0 Å². The summed E-state index contributed by atoms with van der Waals surface area (Å²) in [6, 6.07) is 10.2. The molecule has 1 unspecified atom stereocenters. The number of hydrogen-bond donors (Lipinski definition) is 1. The van der Waals surface area contributed by atoms with E-state index in [1.807, 2.05) is 0 Å². The quantitative estimate of drug-likeness (QED) is 0.436. The molecule has 1 aromatic carbocycles. The fourth-order valence-corrected chi connectivity index (χ4v) is 7.27. The van der Waals surface area contributed by atoms with Crippen LogP contribution in [-0.2, 0) is 0 Å². The fraction of sp³-hybridized carbons (Fsp3) is 0.594. The molecule has 3 aromatic rings. The zero-order chi connectivity index (χ0) is 25.7. The molecule has 0 spiro atoms. The molecule has 0 radical (unpaired) electrons. The highest BCUT2D eigenvalue weighted by atomic mass is 16.5. The van der Waals surface area contributed by atoms with Gasteiger partial charge in [-0.15, -0.1) is 0 Å². The summed E-state index contributed by atoms with van der Waals surface area (Å²) in [6.45, 7) is 18.1. The van der Waals surface area contributed by atoms with Crippen LogP contribution >= 0.6 is 0 Å². The highest BCUT2D eigenvalue weighted by Gasteiger charge is 2.30. The van der Waals surface area contributed by atoms with Crippen LogP contribution in [0.1, 0.15) is 80.8 Å². The molecule has 1 atom stereocenters. The van der Waals surface area contributed by atoms with Crippen molar-refractivity contribution in [3.63, 3.8) is 0 Å². The molecule has 198 valence electrons. The molecule has 3 aliphatic heterocycles. The molecule has 2 saturated heterocycles. The molecule has 3 aliphatic rings. The molecule has 0 bridgehead atoms. The number of rotatable bonds is 4. The minimum atomic E-state index is 0.328. The van der Waals surface area contributed by atoms with Gasteiger partial charge in [0.25, 0.3) is 0 Å². The van der Waals surface area contributed by atoms with Crippen LogP contribution in [0.4, 0.5) is 0 Å². The highest BCUT2D eigenvalue weighted by molar-refractivity contribution is 5.93. The molecule has 0 amide bonds. The predicted octanol–water partition coefficient (Wildman–Crippen LogP) is 6.64. The SMILES string of the molecule is Cc1cc2c(c(C)n1)OCC(C)c1c-2[nH]c2ccc(C3CCN(C4CCN(CC(C)C)CC4)CC3)cc12. The van der Waals surface area contributed by atoms with Gasteiger partial charge in [-0.2, -0.15) is 0 Å². The summed E-state index contributed by atoms with van der Waals surface area (Å²) >= 11 is 0. The minimum absolute atomic E-state index is 0.328. The smallest absolute Gasteiger partial charge is 0.149 e. The monoisotopic (exact) mass is 500 g/mol. The van der Waals surface area contributed by atoms with E-state index in [1.54, 1.807) is 0 Å². The molecule has 2 fully saturated rings. The average molecular weight is 501 g/mol. The third-order valence-electron chi connectivity index (χ3n) is 9.07. The van der Waals surface area contributed by atoms with E-state index < -0.39 is 0 Å². The van der Waals surface area contributed by atoms with Crippen molar-refractivity contribution < 1.29 is 4.74 Å². The van der Waals surface area contributed by atoms with Crippen molar-refractivity contribution in [1.29, 1.82) is 0 Å². The van der Waals surface area contributed by atoms with Crippen LogP contribution in [0.3, 0.4) is 0 Å². The second-order valence-corrected chi connectivity index (χ2v) is 12.4. The Balaban J connectivity index is 1.20. The third kappa shape index (κ3) is 4.81. The molecule has 0 aliphatic carbocycles. The van der Waals surface area contributed by atoms with Crippen LogP contribution < -0.4 is 4.74 Å². The van der Waals surface area contributed by atoms with Crippen molar-refractivity contribution >= 4 is 10.9 Å². The molecular formula is C32H44N4O. The van der Waals surface area contributed by atoms with E-state index in [0.717, 1.165) is 34.7 Å². The van der Waals surface area contributed by atoms with Gasteiger partial charge in [-0.25, -0.2) is 0 Å². The maximum Gasteiger partial charge on any atom is 0.149 e. The second kappa shape index (κ2) is 10.1. The van der Waals surface area contributed by atoms with Crippen LogP contribution in [0.2, 0.25) is 0 Å². The first-order chi connectivity index (χ1) is 17.9. The van der Waals surface area contributed by atoms with Crippen LogP contribution in [0, 0.1) is 19.8 Å². The van der Waals surface area contributed by atoms with Crippen molar-refractivity contribution in [3.05, 3.63) is 46.8 Å². The number of likely N-dealkylation sites (tertiary alicyclic amines) is 2. The Hall–Kier alpha value is -2.37. The van der Waals surface area contributed by atoms with Gasteiger partial charge in [-0.3, -0.25) is 4.98 Å². The van der Waals surface area contributed by atoms with Crippen LogP contribution in [0.15, 0.2) is 24.3 Å². The number of aryl methyl sites for hydroxylation is 2. The van der Waals surface area contributed by atoms with Gasteiger partial charge in [0.05, 0.1) is 18.0 Å². The first-order valence-electron chi connectivity index (χ1n) is 14.6. The number of H-pyrrole nitrogens is 1. The van der Waals surface area contributed by atoms with E-state index in [2.05, 4.69) is 78.7 Å². The Labute approximate surface area is 222 Å². The van der Waals surface area contributed by atoms with Crippen LogP contribution in [0.5, 0.6) is 5.75 Å². The summed E-state index contributed by atoms with van der Waals surface area (Å²) in [5, 5.41) is 1.38. The Morgan fingerprint density at radius 2 is 1.78 bits per heavy atom. The number of aromatic amines is 1. The van der Waals surface area contributed by atoms with Gasteiger partial charge in [0.1, 0.15) is 5.75 Å². The molecule has 5 heteroatoms. The number of benzene rings is 1. The van der Waals surface area contributed by atoms with E-state index in [-0.39, 0.29) is 0 Å². The van der Waals surface area contributed by atoms with Gasteiger partial charge in [-0.1, -0.05) is 26.8 Å². The highest BCUT2D eigenvalue weighted by Crippen LogP contribution is 2.44. The van der Waals surface area contributed by atoms with E-state index in [0.29, 0.717) is 18.4 Å². The topological polar surface area (TPSA) is 44.4 Å². The lowest BCUT2D eigenvalue weighted by Gasteiger charge is -2.42. The standard InChI is InChI=1S/C32H44N4O/c1-20(2)18-35-12-10-26(11-13-35)36-14-8-24(9-15-36)25-6-7-29-27(17-25)30-21(3)19-37-32-23(5)33-22(4)16-28(32)31(30)34-29/h6-7,16-17,20-21,24,26,34H,8-15,18-19H2,1-5H3. The number of piperidine rings is 2. The Morgan fingerprint density at radius 3 is 2.51 bits per heavy atom. The summed E-state index contributed by atoms with van der Waals surface area (Å²) in [7, 11) is 0. The van der Waals surface area contributed by atoms with Crippen LogP contribution in [0.25, 0.3) is 22.2 Å². The second-order valence-electron chi connectivity index (χ2n) is 12.4. The van der Waals surface area contributed by atoms with Crippen molar-refractivity contribution in [1.82, 2.24) is 19.8 Å². The number of ether oxygens (including phenoxy) is 1. The number of pyridine rings is 1. The largest absolute Gasteiger partial charge is 0.490 e. The normalized spacial score (nSPS) is 22.2. The first-order valence-corrected chi connectivity index (χ1v) is 14.6. The molecule has 6 rings (SSSR count). The lowest BCUT2D eigenvalue weighted by molar-refractivity contribution is 0.0828. The van der Waals surface area contributed by atoms with Gasteiger partial charge < -0.3 is 19.5 Å². The number of aromatic nitrogens is 2. The van der Waals surface area contributed by atoms with Gasteiger partial charge in [-0.05, 0) is 107 Å². The summed E-state index contributed by atoms with van der Waals surface area (Å²) < 4.78 is 6.29. The maximum atomic E-state index is 6.29. The number of nitrogens with one attached hydrogen (secondary N) is 1. The van der Waals surface area contributed by atoms with Gasteiger partial charge in [0.15, 0.2) is 0 Å². The fourth-order valence-electron chi connectivity index (χ4n) is 7.27. The first kappa shape index (κ1) is 24.9. The summed E-state index contributed by atoms with van der Waals surface area (Å²) in [5.41, 5.74) is 8.57. The summed E-state index contributed by atoms with van der Waals surface area (Å²) in [6.07, 6.45) is 5.23. The van der Waals surface area contributed by atoms with Gasteiger partial charge in [0.2, 0.25) is 0 Å². The van der Waals surface area contributed by atoms with Crippen molar-refractivity contribution in [2.45, 2.75) is 78.2 Å². The zero-order valence-electron chi connectivity index (χ0n) is 23.4. The number of fused-ring (bicyclic) bond motifs is 5. The molecule has 37 heavy (non-hydrogen) atoms. The molecule has 0 saturated carbocycles. The number of nitrogens with zero attached hydrogens (tertiary/aromatic N) is 3. The average Bonchev–Trinajstić information content (AvgIpc) is 3.20. The van der Waals surface area contributed by atoms with E-state index >= 15 is 0 Å². The Kier molecular flexibility index (Phi) is 6.79. The third-order valence-corrected chi connectivity index (χ3v) is 9.07.